The topological polar surface area (TPSA) is 170 Å². The minimum atomic E-state index is -1.02. The van der Waals surface area contributed by atoms with Gasteiger partial charge in [-0.25, -0.2) is 28.1 Å². The summed E-state index contributed by atoms with van der Waals surface area (Å²) in [5.74, 6) is -3.06. The Hall–Kier alpha value is -6.78. The lowest BCUT2D eigenvalue weighted by Gasteiger charge is -2.02. The average molecular weight is 686 g/mol. The Balaban J connectivity index is 0.000000174. The van der Waals surface area contributed by atoms with Crippen LogP contribution in [0.15, 0.2) is 99.8 Å². The maximum atomic E-state index is 14.0. The molecule has 2 aromatic carbocycles. The van der Waals surface area contributed by atoms with Crippen molar-refractivity contribution in [3.63, 3.8) is 0 Å². The lowest BCUT2D eigenvalue weighted by molar-refractivity contribution is 0.101. The summed E-state index contributed by atoms with van der Waals surface area (Å²) in [5, 5.41) is 12.4. The lowest BCUT2D eigenvalue weighted by atomic mass is 10.0. The summed E-state index contributed by atoms with van der Waals surface area (Å²) in [6.07, 6.45) is 6.19. The molecule has 0 spiro atoms. The van der Waals surface area contributed by atoms with Crippen molar-refractivity contribution in [1.29, 1.82) is 0 Å². The number of carbonyl (C=O) groups is 1. The monoisotopic (exact) mass is 685 g/mol. The fraction of sp³-hybridized carbons (Fsp3) is 0.0909. The highest BCUT2D eigenvalue weighted by molar-refractivity contribution is 5.95. The second-order valence-electron chi connectivity index (χ2n) is 10.6. The summed E-state index contributed by atoms with van der Waals surface area (Å²) in [6, 6.07) is 14.1. The Labute approximate surface area is 277 Å². The van der Waals surface area contributed by atoms with Gasteiger partial charge in [0.05, 0.1) is 29.3 Å². The predicted octanol–water partition coefficient (Wildman–Crippen LogP) is 4.51. The Morgan fingerprint density at radius 1 is 0.720 bits per heavy atom. The Kier molecular flexibility index (Phi) is 9.37. The molecule has 13 nitrogen and oxygen atoms in total. The summed E-state index contributed by atoms with van der Waals surface area (Å²) >= 11 is 0. The normalized spacial score (nSPS) is 10.9. The fourth-order valence-corrected chi connectivity index (χ4v) is 4.77. The number of benzene rings is 2. The van der Waals surface area contributed by atoms with Crippen LogP contribution in [0.1, 0.15) is 39.8 Å². The molecule has 0 unspecified atom stereocenters. The van der Waals surface area contributed by atoms with Crippen molar-refractivity contribution in [3.05, 3.63) is 158 Å². The van der Waals surface area contributed by atoms with Gasteiger partial charge >= 0.3 is 0 Å². The van der Waals surface area contributed by atoms with E-state index in [1.54, 1.807) is 48.7 Å². The summed E-state index contributed by atoms with van der Waals surface area (Å²) in [4.78, 5) is 46.7. The molecule has 0 radical (unpaired) electrons. The highest BCUT2D eigenvalue weighted by Crippen LogP contribution is 2.25. The molecule has 0 amide bonds. The molecule has 0 aliphatic carbocycles. The highest BCUT2D eigenvalue weighted by atomic mass is 19.1. The molecular weight excluding hydrogens is 662 g/mol. The second-order valence-corrected chi connectivity index (χ2v) is 10.6. The Morgan fingerprint density at radius 2 is 1.24 bits per heavy atom. The fourth-order valence-electron chi connectivity index (χ4n) is 4.77. The number of rotatable bonds is 8. The van der Waals surface area contributed by atoms with E-state index in [0.717, 1.165) is 17.1 Å². The van der Waals surface area contributed by atoms with Crippen LogP contribution in [-0.4, -0.2) is 50.4 Å². The first-order valence-corrected chi connectivity index (χ1v) is 14.6. The molecule has 5 heterocycles. The van der Waals surface area contributed by atoms with Crippen molar-refractivity contribution in [1.82, 2.24) is 44.7 Å². The van der Waals surface area contributed by atoms with Crippen LogP contribution in [-0.2, 0) is 12.8 Å². The van der Waals surface area contributed by atoms with E-state index in [0.29, 0.717) is 33.8 Å². The van der Waals surface area contributed by atoms with E-state index in [1.165, 1.54) is 36.2 Å². The van der Waals surface area contributed by atoms with Crippen molar-refractivity contribution >= 4 is 5.78 Å². The first-order valence-electron chi connectivity index (χ1n) is 14.6. The van der Waals surface area contributed by atoms with Crippen LogP contribution in [0.25, 0.3) is 23.2 Å². The van der Waals surface area contributed by atoms with Crippen molar-refractivity contribution in [2.45, 2.75) is 19.8 Å². The van der Waals surface area contributed by atoms with Gasteiger partial charge in [-0.2, -0.15) is 19.0 Å². The van der Waals surface area contributed by atoms with Gasteiger partial charge in [0.1, 0.15) is 23.6 Å². The van der Waals surface area contributed by atoms with Crippen LogP contribution >= 0.6 is 0 Å². The van der Waals surface area contributed by atoms with E-state index in [2.05, 4.69) is 35.3 Å². The summed E-state index contributed by atoms with van der Waals surface area (Å²) in [6.45, 7) is 1.35. The van der Waals surface area contributed by atoms with Crippen LogP contribution in [0.2, 0.25) is 0 Å². The molecule has 2 N–H and O–H groups in total. The number of nitrogens with one attached hydrogen (secondary N) is 2. The molecule has 50 heavy (non-hydrogen) atoms. The predicted molar refractivity (Wildman–Crippen MR) is 168 cm³/mol. The third-order valence-corrected chi connectivity index (χ3v) is 7.22. The molecule has 0 saturated carbocycles. The zero-order chi connectivity index (χ0) is 35.4. The molecule has 0 saturated heterocycles. The first-order chi connectivity index (χ1) is 24.1. The van der Waals surface area contributed by atoms with Crippen LogP contribution in [0.4, 0.5) is 17.6 Å². The number of halogens is 4. The summed E-state index contributed by atoms with van der Waals surface area (Å²) in [5.41, 5.74) is 1.13. The van der Waals surface area contributed by atoms with Crippen LogP contribution < -0.4 is 11.1 Å². The molecule has 7 aromatic rings. The zero-order valence-corrected chi connectivity index (χ0v) is 25.8. The second kappa shape index (κ2) is 14.1. The Morgan fingerprint density at radius 3 is 1.74 bits per heavy atom. The van der Waals surface area contributed by atoms with Crippen molar-refractivity contribution < 1.29 is 26.9 Å². The minimum Gasteiger partial charge on any atom is -0.364 e. The molecule has 0 fully saturated rings. The average Bonchev–Trinajstić information content (AvgIpc) is 3.87. The van der Waals surface area contributed by atoms with Crippen LogP contribution in [0, 0.1) is 23.3 Å². The van der Waals surface area contributed by atoms with Gasteiger partial charge in [0.2, 0.25) is 23.5 Å². The number of Topliss-reactive ketones (excluding diaryl/α,β-unsaturated/α-hetero) is 1. The number of hydrogen-bond acceptors (Lipinski definition) is 9. The minimum absolute atomic E-state index is 0.0286. The summed E-state index contributed by atoms with van der Waals surface area (Å²) in [7, 11) is 0. The van der Waals surface area contributed by atoms with E-state index in [1.807, 2.05) is 0 Å². The molecule has 0 aliphatic rings. The first kappa shape index (κ1) is 33.1. The number of ketones is 1. The quantitative estimate of drug-likeness (QED) is 0.173. The largest absolute Gasteiger partial charge is 0.364 e. The standard InChI is InChI=1S/C17H11F2N5O2.C16H12F2N4O2/c18-12-4-2-1-3-10(12)7-15-11(14-5-6-26-23-14)9-24(22-15)17-20-8-13(19)16(25)21-17;1-9(23)11-8-22(16-19-7-13(18)15(24)20-16)21-14(11)6-10-4-2-3-5-12(10)17/h1-6,8-9H,7H2,(H,20,21,25);2-5,7-8H,6H2,1H3,(H,19,20,24). The van der Waals surface area contributed by atoms with E-state index in [9.17, 15) is 31.9 Å². The smallest absolute Gasteiger partial charge is 0.288 e. The molecule has 0 atom stereocenters. The third-order valence-electron chi connectivity index (χ3n) is 7.22. The third kappa shape index (κ3) is 7.20. The molecule has 5 aromatic heterocycles. The number of carbonyl (C=O) groups excluding carboxylic acids is 1. The number of H-pyrrole nitrogens is 2. The molecule has 17 heteroatoms. The van der Waals surface area contributed by atoms with Crippen LogP contribution in [0.3, 0.4) is 0 Å². The summed E-state index contributed by atoms with van der Waals surface area (Å²) < 4.78 is 61.3. The number of nitrogens with zero attached hydrogens (tertiary/aromatic N) is 7. The van der Waals surface area contributed by atoms with E-state index < -0.39 is 28.6 Å². The van der Waals surface area contributed by atoms with Crippen LogP contribution in [0.5, 0.6) is 0 Å². The lowest BCUT2D eigenvalue weighted by Crippen LogP contribution is -2.16. The zero-order valence-electron chi connectivity index (χ0n) is 25.8. The van der Waals surface area contributed by atoms with E-state index in [-0.39, 0.29) is 41.9 Å². The molecule has 7 rings (SSSR count). The van der Waals surface area contributed by atoms with Crippen molar-refractivity contribution in [2.24, 2.45) is 0 Å². The van der Waals surface area contributed by atoms with Crippen molar-refractivity contribution in [2.75, 3.05) is 0 Å². The van der Waals surface area contributed by atoms with Crippen molar-refractivity contribution in [3.8, 4) is 23.2 Å². The maximum Gasteiger partial charge on any atom is 0.288 e. The number of aromatic nitrogens is 9. The van der Waals surface area contributed by atoms with E-state index in [4.69, 9.17) is 4.52 Å². The maximum absolute atomic E-state index is 14.0. The van der Waals surface area contributed by atoms with Gasteiger partial charge in [-0.15, -0.1) is 0 Å². The number of hydrogen-bond donors (Lipinski definition) is 2. The van der Waals surface area contributed by atoms with Gasteiger partial charge < -0.3 is 4.52 Å². The molecule has 0 bridgehead atoms. The molecule has 252 valence electrons. The highest BCUT2D eigenvalue weighted by Gasteiger charge is 2.19. The SMILES string of the molecule is CC(=O)c1cn(-c2ncc(F)c(=O)[nH]2)nc1Cc1ccccc1F.O=c1[nH]c(-n2cc(-c3ccon3)c(Cc3ccccc3F)n2)ncc1F. The number of aromatic amines is 2. The van der Waals surface area contributed by atoms with Gasteiger partial charge in [-0.3, -0.25) is 24.4 Å². The molecular formula is C33H23F4N9O4. The van der Waals surface area contributed by atoms with Gasteiger partial charge in [-0.1, -0.05) is 41.6 Å². The van der Waals surface area contributed by atoms with Gasteiger partial charge in [-0.05, 0) is 30.2 Å². The Bertz CT molecular complexity index is 2430. The van der Waals surface area contributed by atoms with Gasteiger partial charge in [0.25, 0.3) is 11.1 Å². The van der Waals surface area contributed by atoms with E-state index >= 15 is 0 Å². The molecule has 0 aliphatic heterocycles. The van der Waals surface area contributed by atoms with Gasteiger partial charge in [0.15, 0.2) is 5.78 Å². The van der Waals surface area contributed by atoms with Gasteiger partial charge in [0, 0.05) is 36.9 Å².